The van der Waals surface area contributed by atoms with Gasteiger partial charge in [-0.3, -0.25) is 14.9 Å². The van der Waals surface area contributed by atoms with Gasteiger partial charge in [0, 0.05) is 28.1 Å². The van der Waals surface area contributed by atoms with E-state index in [1.165, 1.54) is 18.4 Å². The first-order valence-corrected chi connectivity index (χ1v) is 7.52. The van der Waals surface area contributed by atoms with Gasteiger partial charge in [0.05, 0.1) is 23.3 Å². The summed E-state index contributed by atoms with van der Waals surface area (Å²) in [5.74, 6) is -0.290. The molecule has 1 amide bonds. The number of rotatable bonds is 4. The first kappa shape index (κ1) is 16.0. The molecular weight excluding hydrogens is 332 g/mol. The lowest BCUT2D eigenvalue weighted by Gasteiger charge is -2.07. The second-order valence-electron chi connectivity index (χ2n) is 5.38. The molecule has 0 spiro atoms. The molecule has 6 nitrogen and oxygen atoms in total. The van der Waals surface area contributed by atoms with Crippen LogP contribution in [0.4, 0.5) is 11.4 Å². The van der Waals surface area contributed by atoms with Gasteiger partial charge >= 0.3 is 0 Å². The Morgan fingerprint density at radius 3 is 2.83 bits per heavy atom. The molecule has 7 heteroatoms. The van der Waals surface area contributed by atoms with E-state index in [-0.39, 0.29) is 18.0 Å². The van der Waals surface area contributed by atoms with Crippen LogP contribution in [0.25, 0.3) is 11.0 Å². The van der Waals surface area contributed by atoms with Crippen LogP contribution >= 0.6 is 11.6 Å². The van der Waals surface area contributed by atoms with Crippen molar-refractivity contribution in [1.29, 1.82) is 0 Å². The van der Waals surface area contributed by atoms with E-state index in [1.807, 2.05) is 0 Å². The van der Waals surface area contributed by atoms with Crippen molar-refractivity contribution in [1.82, 2.24) is 0 Å². The van der Waals surface area contributed by atoms with Crippen LogP contribution in [0.1, 0.15) is 11.1 Å². The van der Waals surface area contributed by atoms with Gasteiger partial charge in [-0.15, -0.1) is 0 Å². The minimum Gasteiger partial charge on any atom is -0.464 e. The Balaban J connectivity index is 1.81. The number of non-ortho nitro benzene ring substituents is 1. The summed E-state index contributed by atoms with van der Waals surface area (Å²) in [5, 5.41) is 14.9. The number of fused-ring (bicyclic) bond motifs is 1. The van der Waals surface area contributed by atoms with Gasteiger partial charge < -0.3 is 9.73 Å². The molecule has 0 aliphatic carbocycles. The van der Waals surface area contributed by atoms with Gasteiger partial charge in [0.15, 0.2) is 0 Å². The summed E-state index contributed by atoms with van der Waals surface area (Å²) in [6.07, 6.45) is 1.59. The van der Waals surface area contributed by atoms with Crippen LogP contribution in [0.15, 0.2) is 47.1 Å². The van der Waals surface area contributed by atoms with Crippen LogP contribution < -0.4 is 5.32 Å². The minimum atomic E-state index is -0.499. The number of nitro groups is 1. The summed E-state index contributed by atoms with van der Waals surface area (Å²) in [6, 6.07) is 9.53. The van der Waals surface area contributed by atoms with Gasteiger partial charge in [-0.1, -0.05) is 17.7 Å². The van der Waals surface area contributed by atoms with Gasteiger partial charge in [-0.25, -0.2) is 0 Å². The number of nitrogens with one attached hydrogen (secondary N) is 1. The number of hydrogen-bond acceptors (Lipinski definition) is 4. The van der Waals surface area contributed by atoms with Crippen molar-refractivity contribution >= 4 is 39.9 Å². The molecule has 0 aliphatic heterocycles. The normalized spacial score (nSPS) is 10.8. The van der Waals surface area contributed by atoms with E-state index >= 15 is 0 Å². The van der Waals surface area contributed by atoms with Crippen LogP contribution in [0, 0.1) is 17.0 Å². The van der Waals surface area contributed by atoms with Crippen LogP contribution in [-0.4, -0.2) is 10.8 Å². The highest BCUT2D eigenvalue weighted by Crippen LogP contribution is 2.26. The number of furan rings is 1. The van der Waals surface area contributed by atoms with Crippen molar-refractivity contribution in [3.8, 4) is 0 Å². The maximum absolute atomic E-state index is 12.3. The highest BCUT2D eigenvalue weighted by atomic mass is 35.5. The zero-order valence-electron chi connectivity index (χ0n) is 12.7. The zero-order valence-corrected chi connectivity index (χ0v) is 13.5. The molecule has 3 rings (SSSR count). The van der Waals surface area contributed by atoms with Crippen molar-refractivity contribution < 1.29 is 14.1 Å². The smallest absolute Gasteiger partial charge is 0.271 e. The van der Waals surface area contributed by atoms with E-state index in [1.54, 1.807) is 31.2 Å². The average molecular weight is 345 g/mol. The SMILES string of the molecule is Cc1ccc([N+](=O)[O-])cc1NC(=O)Cc1coc2ccc(Cl)cc12. The van der Waals surface area contributed by atoms with Gasteiger partial charge in [0.25, 0.3) is 5.69 Å². The Hall–Kier alpha value is -2.86. The van der Waals surface area contributed by atoms with Gasteiger partial charge in [0.2, 0.25) is 5.91 Å². The number of carbonyl (C=O) groups excluding carboxylic acids is 1. The van der Waals surface area contributed by atoms with Gasteiger partial charge in [-0.05, 0) is 30.7 Å². The monoisotopic (exact) mass is 344 g/mol. The number of nitrogens with zero attached hydrogens (tertiary/aromatic N) is 1. The molecule has 3 aromatic rings. The standard InChI is InChI=1S/C17H13ClN2O4/c1-10-2-4-13(20(22)23)8-15(10)19-17(21)6-11-9-24-16-5-3-12(18)7-14(11)16/h2-5,7-9H,6H2,1H3,(H,19,21). The van der Waals surface area contributed by atoms with Crippen molar-refractivity contribution in [2.24, 2.45) is 0 Å². The van der Waals surface area contributed by atoms with Crippen LogP contribution in [0.2, 0.25) is 5.02 Å². The zero-order chi connectivity index (χ0) is 17.3. The van der Waals surface area contributed by atoms with Crippen molar-refractivity contribution in [3.05, 3.63) is 68.9 Å². The fourth-order valence-corrected chi connectivity index (χ4v) is 2.59. The van der Waals surface area contributed by atoms with E-state index in [0.717, 1.165) is 10.9 Å². The summed E-state index contributed by atoms with van der Waals surface area (Å²) in [7, 11) is 0. The molecule has 1 N–H and O–H groups in total. The lowest BCUT2D eigenvalue weighted by Crippen LogP contribution is -2.15. The molecule has 1 heterocycles. The fraction of sp³-hybridized carbons (Fsp3) is 0.118. The van der Waals surface area contributed by atoms with Crippen molar-refractivity contribution in [2.75, 3.05) is 5.32 Å². The van der Waals surface area contributed by atoms with Crippen LogP contribution in [-0.2, 0) is 11.2 Å². The Kier molecular flexibility index (Phi) is 4.22. The van der Waals surface area contributed by atoms with Gasteiger partial charge in [-0.2, -0.15) is 0 Å². The van der Waals surface area contributed by atoms with Crippen molar-refractivity contribution in [2.45, 2.75) is 13.3 Å². The molecule has 0 saturated heterocycles. The molecule has 0 bridgehead atoms. The summed E-state index contributed by atoms with van der Waals surface area (Å²) >= 11 is 5.98. The third-order valence-corrected chi connectivity index (χ3v) is 3.91. The predicted octanol–water partition coefficient (Wildman–Crippen LogP) is 4.48. The maximum atomic E-state index is 12.3. The number of amides is 1. The lowest BCUT2D eigenvalue weighted by atomic mass is 10.1. The predicted molar refractivity (Wildman–Crippen MR) is 91.4 cm³/mol. The summed E-state index contributed by atoms with van der Waals surface area (Å²) in [4.78, 5) is 22.6. The Morgan fingerprint density at radius 1 is 1.29 bits per heavy atom. The first-order valence-electron chi connectivity index (χ1n) is 7.14. The Labute approximate surface area is 142 Å². The molecule has 0 atom stereocenters. The van der Waals surface area contributed by atoms with Crippen LogP contribution in [0.5, 0.6) is 0 Å². The van der Waals surface area contributed by atoms with E-state index < -0.39 is 4.92 Å². The molecule has 122 valence electrons. The highest BCUT2D eigenvalue weighted by molar-refractivity contribution is 6.31. The molecular formula is C17H13ClN2O4. The second-order valence-corrected chi connectivity index (χ2v) is 5.82. The number of nitro benzene ring substituents is 1. The number of hydrogen-bond donors (Lipinski definition) is 1. The number of carbonyl (C=O) groups is 1. The number of anilines is 1. The molecule has 0 saturated carbocycles. The lowest BCUT2D eigenvalue weighted by molar-refractivity contribution is -0.384. The maximum Gasteiger partial charge on any atom is 0.271 e. The Bertz CT molecular complexity index is 949. The highest BCUT2D eigenvalue weighted by Gasteiger charge is 2.14. The molecule has 1 aromatic heterocycles. The van der Waals surface area contributed by atoms with Crippen LogP contribution in [0.3, 0.4) is 0 Å². The summed E-state index contributed by atoms with van der Waals surface area (Å²) < 4.78 is 5.40. The molecule has 2 aromatic carbocycles. The van der Waals surface area contributed by atoms with E-state index in [0.29, 0.717) is 21.9 Å². The topological polar surface area (TPSA) is 85.4 Å². The number of halogens is 1. The quantitative estimate of drug-likeness (QED) is 0.558. The number of aryl methyl sites for hydroxylation is 1. The van der Waals surface area contributed by atoms with E-state index in [2.05, 4.69) is 5.32 Å². The number of benzene rings is 2. The van der Waals surface area contributed by atoms with E-state index in [9.17, 15) is 14.9 Å². The van der Waals surface area contributed by atoms with E-state index in [4.69, 9.17) is 16.0 Å². The summed E-state index contributed by atoms with van der Waals surface area (Å²) in [6.45, 7) is 1.77. The summed E-state index contributed by atoms with van der Waals surface area (Å²) in [5.41, 5.74) is 2.44. The molecule has 0 fully saturated rings. The molecule has 0 unspecified atom stereocenters. The molecule has 0 radical (unpaired) electrons. The fourth-order valence-electron chi connectivity index (χ4n) is 2.42. The third-order valence-electron chi connectivity index (χ3n) is 3.67. The largest absolute Gasteiger partial charge is 0.464 e. The average Bonchev–Trinajstić information content (AvgIpc) is 2.91. The third kappa shape index (κ3) is 3.23. The first-order chi connectivity index (χ1) is 11.4. The van der Waals surface area contributed by atoms with Gasteiger partial charge in [0.1, 0.15) is 5.58 Å². The van der Waals surface area contributed by atoms with Crippen molar-refractivity contribution in [3.63, 3.8) is 0 Å². The molecule has 0 aliphatic rings. The minimum absolute atomic E-state index is 0.0727. The second kappa shape index (κ2) is 6.33. The Morgan fingerprint density at radius 2 is 2.08 bits per heavy atom. The molecule has 24 heavy (non-hydrogen) atoms.